The van der Waals surface area contributed by atoms with E-state index in [0.717, 1.165) is 38.0 Å². The van der Waals surface area contributed by atoms with Crippen molar-refractivity contribution in [2.45, 2.75) is 112 Å². The molecule has 1 aliphatic rings. The second-order valence-electron chi connectivity index (χ2n) is 9.99. The average molecular weight is 561 g/mol. The van der Waals surface area contributed by atoms with E-state index < -0.39 is 11.8 Å². The van der Waals surface area contributed by atoms with E-state index >= 15 is 0 Å². The molecule has 1 N–H and O–H groups in total. The molecule has 4 nitrogen and oxygen atoms in total. The number of halogens is 4. The van der Waals surface area contributed by atoms with E-state index in [9.17, 15) is 22.4 Å². The highest BCUT2D eigenvalue weighted by molar-refractivity contribution is 5.97. The van der Waals surface area contributed by atoms with Crippen molar-refractivity contribution in [3.63, 3.8) is 0 Å². The van der Waals surface area contributed by atoms with Gasteiger partial charge in [0.05, 0.1) is 19.3 Å². The van der Waals surface area contributed by atoms with E-state index in [-0.39, 0.29) is 16.9 Å². The zero-order valence-corrected chi connectivity index (χ0v) is 25.8. The number of aryl methyl sites for hydroxylation is 1. The molecule has 0 aliphatic carbocycles. The number of alkyl halides is 4. The Morgan fingerprint density at radius 2 is 1.44 bits per heavy atom. The second kappa shape index (κ2) is 20.8. The van der Waals surface area contributed by atoms with Gasteiger partial charge < -0.3 is 14.8 Å². The number of nitrogens with one attached hydrogen (secondary N) is 1. The number of benzene rings is 1. The first-order chi connectivity index (χ1) is 18.0. The minimum absolute atomic E-state index is 0.167. The summed E-state index contributed by atoms with van der Waals surface area (Å²) in [6.07, 6.45) is 7.78. The lowest BCUT2D eigenvalue weighted by Gasteiger charge is -2.26. The summed E-state index contributed by atoms with van der Waals surface area (Å²) in [6.45, 7) is 17.5. The fraction of sp³-hybridized carbons (Fsp3) is 0.677. The molecule has 1 heterocycles. The molecule has 0 unspecified atom stereocenters. The summed E-state index contributed by atoms with van der Waals surface area (Å²) in [5, 5.41) is 3.40. The Morgan fingerprint density at radius 1 is 0.974 bits per heavy atom. The molecule has 0 spiro atoms. The summed E-state index contributed by atoms with van der Waals surface area (Å²) < 4.78 is 57.5. The van der Waals surface area contributed by atoms with E-state index in [2.05, 4.69) is 44.1 Å². The van der Waals surface area contributed by atoms with Gasteiger partial charge in [-0.15, -0.1) is 0 Å². The Labute approximate surface area is 234 Å². The number of ketones is 1. The number of unbranched alkanes of at least 4 members (excludes halogenated alkanes) is 2. The van der Waals surface area contributed by atoms with Crippen LogP contribution in [0.4, 0.5) is 17.6 Å². The zero-order chi connectivity index (χ0) is 30.6. The van der Waals surface area contributed by atoms with Crippen LogP contribution in [0.15, 0.2) is 34.8 Å². The van der Waals surface area contributed by atoms with Crippen molar-refractivity contribution >= 4 is 11.5 Å². The van der Waals surface area contributed by atoms with E-state index in [1.54, 1.807) is 6.92 Å². The fourth-order valence-electron chi connectivity index (χ4n) is 2.94. The van der Waals surface area contributed by atoms with Crippen LogP contribution < -0.4 is 5.32 Å². The summed E-state index contributed by atoms with van der Waals surface area (Å²) in [7, 11) is 1.84. The van der Waals surface area contributed by atoms with Gasteiger partial charge in [0.2, 0.25) is 0 Å². The standard InChI is InChI=1S/C12H14F4.C11H20N2O.C5H12.C3H6O/c1-4-8-5-9(11(2,13)14)7-10(6-8)12(3,15)16;1-4-9(2)5-10(12-3)6-13-11-7-14-8-11;1-3-5-4-2;1-3(2)4/h5-7H,4H2,1-3H3;5,11,13H,4,6-8H2,1-3H3;3-5H2,1-2H3;1-2H3/b;9-5+,12-10?;;. The molecule has 0 amide bonds. The third kappa shape index (κ3) is 20.5. The molecule has 0 saturated carbocycles. The van der Waals surface area contributed by atoms with Crippen molar-refractivity contribution in [3.8, 4) is 0 Å². The molecule has 0 bridgehead atoms. The number of Topliss-reactive ketones (excluding diaryl/α,β-unsaturated/α-hetero) is 1. The highest BCUT2D eigenvalue weighted by Gasteiger charge is 2.30. The maximum absolute atomic E-state index is 13.1. The highest BCUT2D eigenvalue weighted by Crippen LogP contribution is 2.34. The van der Waals surface area contributed by atoms with Gasteiger partial charge in [-0.1, -0.05) is 52.5 Å². The first kappa shape index (κ1) is 39.1. The van der Waals surface area contributed by atoms with Crippen LogP contribution in [0.3, 0.4) is 0 Å². The van der Waals surface area contributed by atoms with Crippen LogP contribution in [0.2, 0.25) is 0 Å². The molecule has 0 radical (unpaired) electrons. The summed E-state index contributed by atoms with van der Waals surface area (Å²) in [5.74, 6) is -6.02. The summed E-state index contributed by atoms with van der Waals surface area (Å²) >= 11 is 0. The number of allylic oxidation sites excluding steroid dienone is 1. The molecular weight excluding hydrogens is 508 g/mol. The molecule has 1 saturated heterocycles. The van der Waals surface area contributed by atoms with Gasteiger partial charge in [0.15, 0.2) is 0 Å². The summed E-state index contributed by atoms with van der Waals surface area (Å²) in [4.78, 5) is 13.7. The van der Waals surface area contributed by atoms with Crippen molar-refractivity contribution < 1.29 is 27.1 Å². The van der Waals surface area contributed by atoms with Gasteiger partial charge >= 0.3 is 0 Å². The summed E-state index contributed by atoms with van der Waals surface area (Å²) in [5.41, 5.74) is 2.27. The van der Waals surface area contributed by atoms with E-state index in [4.69, 9.17) is 4.74 Å². The van der Waals surface area contributed by atoms with E-state index in [1.807, 2.05) is 7.05 Å². The zero-order valence-electron chi connectivity index (χ0n) is 25.8. The molecule has 39 heavy (non-hydrogen) atoms. The lowest BCUT2D eigenvalue weighted by Crippen LogP contribution is -2.47. The molecule has 0 atom stereocenters. The summed E-state index contributed by atoms with van der Waals surface area (Å²) in [6, 6.07) is 3.95. The lowest BCUT2D eigenvalue weighted by atomic mass is 9.98. The van der Waals surface area contributed by atoms with Crippen LogP contribution in [0.1, 0.15) is 105 Å². The van der Waals surface area contributed by atoms with Gasteiger partial charge in [0, 0.05) is 44.3 Å². The van der Waals surface area contributed by atoms with E-state index in [0.29, 0.717) is 31.9 Å². The van der Waals surface area contributed by atoms with Gasteiger partial charge in [0.1, 0.15) is 5.78 Å². The van der Waals surface area contributed by atoms with Crippen LogP contribution in [0.5, 0.6) is 0 Å². The van der Waals surface area contributed by atoms with Crippen LogP contribution in [0, 0.1) is 0 Å². The molecule has 1 aliphatic heterocycles. The molecule has 226 valence electrons. The molecule has 1 aromatic carbocycles. The van der Waals surface area contributed by atoms with Gasteiger partial charge in [-0.25, -0.2) is 17.6 Å². The Morgan fingerprint density at radius 3 is 1.69 bits per heavy atom. The van der Waals surface area contributed by atoms with Crippen LogP contribution in [-0.2, 0) is 27.8 Å². The van der Waals surface area contributed by atoms with Crippen molar-refractivity contribution in [2.24, 2.45) is 4.99 Å². The predicted molar refractivity (Wildman–Crippen MR) is 157 cm³/mol. The van der Waals surface area contributed by atoms with Crippen LogP contribution >= 0.6 is 0 Å². The molecule has 0 aromatic heterocycles. The normalized spacial score (nSPS) is 14.1. The first-order valence-electron chi connectivity index (χ1n) is 13.9. The molecule has 1 aromatic rings. The number of aliphatic imine (C=N–C) groups is 1. The van der Waals surface area contributed by atoms with Gasteiger partial charge in [-0.05, 0) is 63.5 Å². The number of rotatable bonds is 10. The van der Waals surface area contributed by atoms with Crippen molar-refractivity contribution in [2.75, 3.05) is 26.8 Å². The minimum atomic E-state index is -3.09. The number of carbonyl (C=O) groups excluding carboxylic acids is 1. The minimum Gasteiger partial charge on any atom is -0.378 e. The van der Waals surface area contributed by atoms with Gasteiger partial charge in [0.25, 0.3) is 11.8 Å². The molecular formula is C31H52F4N2O2. The largest absolute Gasteiger partial charge is 0.378 e. The average Bonchev–Trinajstić information content (AvgIpc) is 2.81. The maximum atomic E-state index is 13.1. The van der Waals surface area contributed by atoms with Crippen LogP contribution in [-0.4, -0.2) is 44.3 Å². The van der Waals surface area contributed by atoms with Crippen molar-refractivity contribution in [3.05, 3.63) is 46.5 Å². The van der Waals surface area contributed by atoms with Gasteiger partial charge in [-0.3, -0.25) is 4.99 Å². The highest BCUT2D eigenvalue weighted by atomic mass is 19.3. The Kier molecular flexibility index (Phi) is 20.8. The third-order valence-corrected chi connectivity index (χ3v) is 5.59. The van der Waals surface area contributed by atoms with Crippen molar-refractivity contribution in [1.82, 2.24) is 5.32 Å². The fourth-order valence-corrected chi connectivity index (χ4v) is 2.94. The number of carbonyl (C=O) groups is 1. The van der Waals surface area contributed by atoms with Gasteiger partial charge in [-0.2, -0.15) is 0 Å². The first-order valence-corrected chi connectivity index (χ1v) is 13.9. The second-order valence-corrected chi connectivity index (χ2v) is 9.99. The van der Waals surface area contributed by atoms with E-state index in [1.165, 1.54) is 50.8 Å². The molecule has 1 fully saturated rings. The monoisotopic (exact) mass is 560 g/mol. The topological polar surface area (TPSA) is 50.7 Å². The third-order valence-electron chi connectivity index (χ3n) is 5.59. The molecule has 8 heteroatoms. The molecule has 2 rings (SSSR count). The number of ether oxygens (including phenoxy) is 1. The van der Waals surface area contributed by atoms with Crippen LogP contribution in [0.25, 0.3) is 0 Å². The Hall–Kier alpha value is -2.06. The number of hydrogen-bond acceptors (Lipinski definition) is 4. The smallest absolute Gasteiger partial charge is 0.270 e. The quantitative estimate of drug-likeness (QED) is 0.230. The Bertz CT molecular complexity index is 830. The lowest BCUT2D eigenvalue weighted by molar-refractivity contribution is -0.115. The number of nitrogens with zero attached hydrogens (tertiary/aromatic N) is 1. The predicted octanol–water partition coefficient (Wildman–Crippen LogP) is 8.67. The van der Waals surface area contributed by atoms with Crippen molar-refractivity contribution in [1.29, 1.82) is 0 Å². The number of hydrogen-bond donors (Lipinski definition) is 1. The SMILES string of the molecule is CC(C)=O.CC/C(C)=C/C(CNC1COC1)=NC.CCCCC.CCc1cc(C(C)(F)F)cc(C(C)(F)F)c1. The Balaban J connectivity index is 0. The maximum Gasteiger partial charge on any atom is 0.270 e.